The Morgan fingerprint density at radius 2 is 1.85 bits per heavy atom. The molecule has 1 aliphatic rings. The number of ether oxygens (including phenoxy) is 3. The fourth-order valence-electron chi connectivity index (χ4n) is 4.66. The van der Waals surface area contributed by atoms with Crippen LogP contribution < -0.4 is 9.46 Å². The molecule has 0 radical (unpaired) electrons. The number of carbonyl (C=O) groups excluding carboxylic acids is 2. The van der Waals surface area contributed by atoms with Crippen molar-refractivity contribution in [2.75, 3.05) is 30.2 Å². The number of benzene rings is 2. The first-order valence-corrected chi connectivity index (χ1v) is 16.5. The second-order valence-corrected chi connectivity index (χ2v) is 13.5. The Morgan fingerprint density at radius 1 is 1.17 bits per heavy atom. The van der Waals surface area contributed by atoms with Crippen LogP contribution >= 0.6 is 0 Å². The van der Waals surface area contributed by atoms with Crippen LogP contribution in [-0.4, -0.2) is 73.7 Å². The average molecular weight is 682 g/mol. The summed E-state index contributed by atoms with van der Waals surface area (Å²) in [5.74, 6) is -2.83. The van der Waals surface area contributed by atoms with Gasteiger partial charge in [-0.05, 0) is 63.1 Å². The molecule has 2 aromatic rings. The van der Waals surface area contributed by atoms with Crippen LogP contribution in [0.25, 0.3) is 6.08 Å². The van der Waals surface area contributed by atoms with Crippen LogP contribution in [0, 0.1) is 11.3 Å². The summed E-state index contributed by atoms with van der Waals surface area (Å²) in [5, 5.41) is 19.9. The molecule has 15 heteroatoms. The summed E-state index contributed by atoms with van der Waals surface area (Å²) in [6.07, 6.45) is -4.64. The number of nitrogens with zero attached hydrogens (tertiary/aromatic N) is 2. The van der Waals surface area contributed by atoms with Gasteiger partial charge in [-0.15, -0.1) is 0 Å². The maximum Gasteiger partial charge on any atom is 0.420 e. The van der Waals surface area contributed by atoms with Crippen LogP contribution in [-0.2, 0) is 36.9 Å². The smallest absolute Gasteiger partial charge is 0.420 e. The fourth-order valence-corrected chi connectivity index (χ4v) is 5.65. The van der Waals surface area contributed by atoms with Crippen molar-refractivity contribution in [1.29, 1.82) is 5.26 Å². The van der Waals surface area contributed by atoms with Crippen molar-refractivity contribution in [2.24, 2.45) is 0 Å². The second-order valence-electron chi connectivity index (χ2n) is 11.8. The Hall–Kier alpha value is -4.29. The van der Waals surface area contributed by atoms with Gasteiger partial charge in [0.25, 0.3) is 0 Å². The van der Waals surface area contributed by atoms with Gasteiger partial charge < -0.3 is 24.2 Å². The lowest BCUT2D eigenvalue weighted by Gasteiger charge is -2.34. The molecule has 11 nitrogen and oxygen atoms in total. The van der Waals surface area contributed by atoms with Gasteiger partial charge in [0.2, 0.25) is 10.0 Å². The number of aliphatic hydroxyl groups is 1. The van der Waals surface area contributed by atoms with Crippen LogP contribution in [0.4, 0.5) is 23.7 Å². The average Bonchev–Trinajstić information content (AvgIpc) is 2.96. The maximum atomic E-state index is 14.3. The van der Waals surface area contributed by atoms with Crippen LogP contribution in [0.1, 0.15) is 62.8 Å². The minimum absolute atomic E-state index is 0.0467. The number of likely N-dealkylation sites (tertiary alicyclic amines) is 1. The molecular formula is C32H38F3N3O8S. The molecule has 1 amide bonds. The van der Waals surface area contributed by atoms with Crippen LogP contribution in [0.3, 0.4) is 0 Å². The standard InChI is InChI=1S/C32H38F3N3O8S/c1-5-44-29(40)20-47(42,43)37-27-18-26(32(33,34)35)28(45-25-11-13-38(14-12-25)30(41)46-31(2,3)4)17-23(27)16-24(39)10-9-21-7-6-8-22(15-21)19-36/h6-10,15,17-18,24-25,37,39H,5,11-14,16,20H2,1-4H3/b10-9+. The third-order valence-corrected chi connectivity index (χ3v) is 7.88. The van der Waals surface area contributed by atoms with Gasteiger partial charge in [0, 0.05) is 32.4 Å². The van der Waals surface area contributed by atoms with Gasteiger partial charge in [0.05, 0.1) is 35.6 Å². The fraction of sp³-hybridized carbons (Fsp3) is 0.469. The molecular weight excluding hydrogens is 643 g/mol. The monoisotopic (exact) mass is 681 g/mol. The number of rotatable bonds is 11. The molecule has 3 rings (SSSR count). The van der Waals surface area contributed by atoms with E-state index in [9.17, 15) is 36.3 Å². The highest BCUT2D eigenvalue weighted by Gasteiger charge is 2.37. The topological polar surface area (TPSA) is 155 Å². The molecule has 1 heterocycles. The third-order valence-electron chi connectivity index (χ3n) is 6.73. The highest BCUT2D eigenvalue weighted by Crippen LogP contribution is 2.41. The lowest BCUT2D eigenvalue weighted by atomic mass is 10.0. The van der Waals surface area contributed by atoms with E-state index in [4.69, 9.17) is 14.7 Å². The summed E-state index contributed by atoms with van der Waals surface area (Å²) in [5.41, 5.74) is -1.60. The summed E-state index contributed by atoms with van der Waals surface area (Å²) in [7, 11) is -4.52. The summed E-state index contributed by atoms with van der Waals surface area (Å²) in [6.45, 7) is 6.88. The Balaban J connectivity index is 1.94. The number of sulfonamides is 1. The Morgan fingerprint density at radius 3 is 2.45 bits per heavy atom. The number of amides is 1. The predicted molar refractivity (Wildman–Crippen MR) is 167 cm³/mol. The van der Waals surface area contributed by atoms with Gasteiger partial charge in [0.1, 0.15) is 17.5 Å². The van der Waals surface area contributed by atoms with Crippen molar-refractivity contribution >= 4 is 33.8 Å². The Labute approximate surface area is 272 Å². The van der Waals surface area contributed by atoms with Gasteiger partial charge in [-0.2, -0.15) is 18.4 Å². The number of aliphatic hydroxyl groups excluding tert-OH is 1. The normalized spacial score (nSPS) is 15.2. The van der Waals surface area contributed by atoms with E-state index in [2.05, 4.69) is 4.74 Å². The number of halogens is 3. The van der Waals surface area contributed by atoms with Gasteiger partial charge in [-0.1, -0.05) is 24.3 Å². The van der Waals surface area contributed by atoms with E-state index in [0.717, 1.165) is 6.07 Å². The lowest BCUT2D eigenvalue weighted by molar-refractivity contribution is -0.140. The summed E-state index contributed by atoms with van der Waals surface area (Å²) in [6, 6.07) is 10.0. The van der Waals surface area contributed by atoms with Gasteiger partial charge in [-0.25, -0.2) is 13.2 Å². The predicted octanol–water partition coefficient (Wildman–Crippen LogP) is 5.28. The summed E-state index contributed by atoms with van der Waals surface area (Å²) in [4.78, 5) is 25.7. The van der Waals surface area contributed by atoms with Crippen molar-refractivity contribution in [3.8, 4) is 11.8 Å². The van der Waals surface area contributed by atoms with Crippen molar-refractivity contribution in [1.82, 2.24) is 4.90 Å². The Kier molecular flexibility index (Phi) is 12.3. The quantitative estimate of drug-likeness (QED) is 0.302. The molecule has 0 bridgehead atoms. The van der Waals surface area contributed by atoms with E-state index in [1.807, 2.05) is 10.8 Å². The number of nitrogens with one attached hydrogen (secondary N) is 1. The van der Waals surface area contributed by atoms with Crippen molar-refractivity contribution in [2.45, 2.75) is 70.9 Å². The van der Waals surface area contributed by atoms with E-state index >= 15 is 0 Å². The molecule has 1 saturated heterocycles. The Bertz CT molecular complexity index is 1610. The van der Waals surface area contributed by atoms with Gasteiger partial charge >= 0.3 is 18.2 Å². The lowest BCUT2D eigenvalue weighted by Crippen LogP contribution is -2.44. The highest BCUT2D eigenvalue weighted by atomic mass is 32.2. The number of piperidine rings is 1. The van der Waals surface area contributed by atoms with E-state index in [-0.39, 0.29) is 44.5 Å². The number of hydrogen-bond donors (Lipinski definition) is 2. The zero-order chi connectivity index (χ0) is 35.0. The molecule has 1 atom stereocenters. The minimum Gasteiger partial charge on any atom is -0.490 e. The van der Waals surface area contributed by atoms with Gasteiger partial charge in [0.15, 0.2) is 5.75 Å². The SMILES string of the molecule is CCOC(=O)CS(=O)(=O)Nc1cc(C(F)(F)F)c(OC2CCN(C(=O)OC(C)(C)C)CC2)cc1CC(O)/C=C/c1cccc(C#N)c1. The van der Waals surface area contributed by atoms with E-state index in [0.29, 0.717) is 17.2 Å². The van der Waals surface area contributed by atoms with E-state index in [1.165, 1.54) is 24.0 Å². The molecule has 0 saturated carbocycles. The molecule has 0 spiro atoms. The second kappa shape index (κ2) is 15.5. The molecule has 47 heavy (non-hydrogen) atoms. The first-order chi connectivity index (χ1) is 21.9. The molecule has 0 aromatic heterocycles. The zero-order valence-corrected chi connectivity index (χ0v) is 27.3. The van der Waals surface area contributed by atoms with Crippen molar-refractivity contribution in [3.05, 3.63) is 64.7 Å². The van der Waals surface area contributed by atoms with Gasteiger partial charge in [-0.3, -0.25) is 9.52 Å². The molecule has 2 aromatic carbocycles. The molecule has 1 unspecified atom stereocenters. The van der Waals surface area contributed by atoms with Crippen LogP contribution in [0.15, 0.2) is 42.5 Å². The van der Waals surface area contributed by atoms with E-state index in [1.54, 1.807) is 45.0 Å². The minimum atomic E-state index is -4.98. The first kappa shape index (κ1) is 37.2. The largest absolute Gasteiger partial charge is 0.490 e. The maximum absolute atomic E-state index is 14.3. The third kappa shape index (κ3) is 11.8. The molecule has 1 fully saturated rings. The number of carbonyl (C=O) groups is 2. The van der Waals surface area contributed by atoms with E-state index < -0.39 is 68.8 Å². The summed E-state index contributed by atoms with van der Waals surface area (Å²) < 4.78 is 86.4. The zero-order valence-electron chi connectivity index (χ0n) is 26.5. The molecule has 0 aliphatic carbocycles. The first-order valence-electron chi connectivity index (χ1n) is 14.8. The number of hydrogen-bond acceptors (Lipinski definition) is 9. The number of alkyl halides is 3. The van der Waals surface area contributed by atoms with Crippen LogP contribution in [0.5, 0.6) is 5.75 Å². The summed E-state index contributed by atoms with van der Waals surface area (Å²) >= 11 is 0. The van der Waals surface area contributed by atoms with Crippen LogP contribution in [0.2, 0.25) is 0 Å². The number of esters is 1. The molecule has 256 valence electrons. The van der Waals surface area contributed by atoms with Crippen molar-refractivity contribution in [3.63, 3.8) is 0 Å². The number of anilines is 1. The van der Waals surface area contributed by atoms with Crippen molar-refractivity contribution < 1.29 is 50.5 Å². The highest BCUT2D eigenvalue weighted by molar-refractivity contribution is 7.93. The molecule has 1 aliphatic heterocycles. The number of nitriles is 1. The molecule has 2 N–H and O–H groups in total.